The molecule has 3 aliphatic rings. The SMILES string of the molecule is Cc1cc(-c2cc3c4c(c2)Oc2ccccc2B4C(=C\O)/C=C\C=C/3)ccc1N1c2ccccc2Oc2ccccc21. The Hall–Kier alpha value is -5.42. The molecule has 3 aliphatic heterocycles. The Bertz CT molecular complexity index is 1940. The van der Waals surface area contributed by atoms with Gasteiger partial charge in [0.05, 0.1) is 17.6 Å². The van der Waals surface area contributed by atoms with Crippen LogP contribution in [0.5, 0.6) is 23.0 Å². The summed E-state index contributed by atoms with van der Waals surface area (Å²) < 4.78 is 12.7. The molecule has 0 aromatic heterocycles. The predicted octanol–water partition coefficient (Wildman–Crippen LogP) is 8.52. The molecule has 200 valence electrons. The van der Waals surface area contributed by atoms with Crippen molar-refractivity contribution in [3.8, 4) is 34.1 Å². The van der Waals surface area contributed by atoms with Gasteiger partial charge in [-0.2, -0.15) is 0 Å². The Morgan fingerprint density at radius 3 is 2.05 bits per heavy atom. The first kappa shape index (κ1) is 24.4. The van der Waals surface area contributed by atoms with Gasteiger partial charge in [-0.05, 0) is 100 Å². The third kappa shape index (κ3) is 3.78. The topological polar surface area (TPSA) is 41.9 Å². The van der Waals surface area contributed by atoms with Gasteiger partial charge in [-0.15, -0.1) is 0 Å². The molecule has 0 aliphatic carbocycles. The number of hydrogen-bond donors (Lipinski definition) is 1. The van der Waals surface area contributed by atoms with Crippen molar-refractivity contribution in [2.75, 3.05) is 4.90 Å². The number of rotatable bonds is 2. The monoisotopic (exact) mass is 543 g/mol. The molecule has 4 nitrogen and oxygen atoms in total. The van der Waals surface area contributed by atoms with E-state index in [-0.39, 0.29) is 6.71 Å². The molecule has 0 atom stereocenters. The number of ether oxygens (including phenoxy) is 2. The summed E-state index contributed by atoms with van der Waals surface area (Å²) in [6.45, 7) is 2.04. The van der Waals surface area contributed by atoms with E-state index in [1.54, 1.807) is 0 Å². The first-order valence-electron chi connectivity index (χ1n) is 14.1. The van der Waals surface area contributed by atoms with Gasteiger partial charge in [-0.25, -0.2) is 0 Å². The standard InChI is InChI=1S/C37H26BNO3/c1-24-20-25(18-19-30(24)39-31-13-5-8-16-34(31)42-35-17-9-6-14-32(35)39)27-21-26-10-2-3-11-28(23-40)38-29-12-4-7-15-33(29)41-36(22-27)37(26)38/h2-23,40H,1H3/b10-2-,11-3-,28-23-. The van der Waals surface area contributed by atoms with Crippen molar-refractivity contribution in [2.24, 2.45) is 0 Å². The van der Waals surface area contributed by atoms with Gasteiger partial charge in [0.2, 0.25) is 0 Å². The fourth-order valence-electron chi connectivity index (χ4n) is 6.37. The highest BCUT2D eigenvalue weighted by Crippen LogP contribution is 2.51. The van der Waals surface area contributed by atoms with Crippen molar-refractivity contribution < 1.29 is 14.6 Å². The Kier molecular flexibility index (Phi) is 5.57. The molecule has 0 saturated heterocycles. The summed E-state index contributed by atoms with van der Waals surface area (Å²) in [7, 11) is 0. The fourth-order valence-corrected chi connectivity index (χ4v) is 6.37. The molecular formula is C37H26BNO3. The minimum Gasteiger partial charge on any atom is -0.516 e. The van der Waals surface area contributed by atoms with Crippen LogP contribution < -0.4 is 25.3 Å². The van der Waals surface area contributed by atoms with E-state index in [9.17, 15) is 5.11 Å². The van der Waals surface area contributed by atoms with Crippen LogP contribution in [-0.2, 0) is 0 Å². The molecule has 0 radical (unpaired) electrons. The molecule has 1 N–H and O–H groups in total. The van der Waals surface area contributed by atoms with Crippen LogP contribution in [0.3, 0.4) is 0 Å². The Labute approximate surface area is 245 Å². The highest BCUT2D eigenvalue weighted by Gasteiger charge is 2.35. The van der Waals surface area contributed by atoms with E-state index in [1.165, 1.54) is 6.26 Å². The summed E-state index contributed by atoms with van der Waals surface area (Å²) in [5.41, 5.74) is 10.5. The molecule has 0 amide bonds. The van der Waals surface area contributed by atoms with Crippen LogP contribution in [0.15, 0.2) is 133 Å². The lowest BCUT2D eigenvalue weighted by Gasteiger charge is -2.33. The van der Waals surface area contributed by atoms with Crippen LogP contribution in [0.1, 0.15) is 11.1 Å². The average Bonchev–Trinajstić information content (AvgIpc) is 3.01. The van der Waals surface area contributed by atoms with Crippen LogP contribution in [0.2, 0.25) is 0 Å². The van der Waals surface area contributed by atoms with Gasteiger partial charge in [0.1, 0.15) is 11.5 Å². The molecule has 0 bridgehead atoms. The first-order valence-corrected chi connectivity index (χ1v) is 14.1. The van der Waals surface area contributed by atoms with Gasteiger partial charge in [-0.3, -0.25) is 0 Å². The number of allylic oxidation sites excluding steroid dienone is 4. The smallest absolute Gasteiger partial charge is 0.255 e. The second kappa shape index (κ2) is 9.60. The number of aliphatic hydroxyl groups is 1. The van der Waals surface area contributed by atoms with Crippen molar-refractivity contribution in [3.63, 3.8) is 0 Å². The summed E-state index contributed by atoms with van der Waals surface area (Å²) in [6, 6.07) is 35.3. The number of aryl methyl sites for hydroxylation is 1. The largest absolute Gasteiger partial charge is 0.516 e. The summed E-state index contributed by atoms with van der Waals surface area (Å²) in [5, 5.41) is 10.2. The third-order valence-electron chi connectivity index (χ3n) is 8.27. The maximum absolute atomic E-state index is 10.2. The number of anilines is 3. The van der Waals surface area contributed by atoms with Crippen LogP contribution in [0.4, 0.5) is 17.1 Å². The molecule has 0 unspecified atom stereocenters. The molecule has 0 saturated carbocycles. The van der Waals surface area contributed by atoms with Crippen molar-refractivity contribution in [1.82, 2.24) is 0 Å². The van der Waals surface area contributed by atoms with Crippen molar-refractivity contribution in [2.45, 2.75) is 6.92 Å². The fraction of sp³-hybridized carbons (Fsp3) is 0.0270. The summed E-state index contributed by atoms with van der Waals surface area (Å²) in [4.78, 5) is 2.28. The van der Waals surface area contributed by atoms with Gasteiger partial charge < -0.3 is 19.5 Å². The van der Waals surface area contributed by atoms with Crippen LogP contribution in [0.25, 0.3) is 17.2 Å². The predicted molar refractivity (Wildman–Crippen MR) is 172 cm³/mol. The summed E-state index contributed by atoms with van der Waals surface area (Å²) in [5.74, 6) is 3.30. The molecule has 5 aromatic rings. The third-order valence-corrected chi connectivity index (χ3v) is 8.27. The zero-order valence-corrected chi connectivity index (χ0v) is 23.0. The van der Waals surface area contributed by atoms with E-state index in [0.717, 1.165) is 78.7 Å². The minimum atomic E-state index is -0.120. The second-order valence-corrected chi connectivity index (χ2v) is 10.8. The van der Waals surface area contributed by atoms with E-state index in [1.807, 2.05) is 72.8 Å². The number of fused-ring (bicyclic) bond motifs is 4. The Balaban J connectivity index is 1.26. The maximum atomic E-state index is 10.2. The van der Waals surface area contributed by atoms with Crippen LogP contribution in [0, 0.1) is 6.92 Å². The van der Waals surface area contributed by atoms with Gasteiger partial charge in [0.25, 0.3) is 6.71 Å². The minimum absolute atomic E-state index is 0.120. The zero-order valence-electron chi connectivity index (χ0n) is 23.0. The van der Waals surface area contributed by atoms with E-state index in [2.05, 4.69) is 66.4 Å². The number of benzene rings is 5. The lowest BCUT2D eigenvalue weighted by molar-refractivity contribution is 0.471. The van der Waals surface area contributed by atoms with Gasteiger partial charge in [0, 0.05) is 5.69 Å². The highest BCUT2D eigenvalue weighted by atomic mass is 16.5. The Morgan fingerprint density at radius 2 is 1.31 bits per heavy atom. The normalized spacial score (nSPS) is 16.5. The van der Waals surface area contributed by atoms with Crippen molar-refractivity contribution >= 4 is 40.8 Å². The summed E-state index contributed by atoms with van der Waals surface area (Å²) >= 11 is 0. The first-order chi connectivity index (χ1) is 20.7. The summed E-state index contributed by atoms with van der Waals surface area (Å²) in [6.07, 6.45) is 9.30. The molecular weight excluding hydrogens is 517 g/mol. The van der Waals surface area contributed by atoms with Crippen LogP contribution >= 0.6 is 0 Å². The lowest BCUT2D eigenvalue weighted by Crippen LogP contribution is -2.49. The molecule has 5 heteroatoms. The average molecular weight is 543 g/mol. The molecule has 42 heavy (non-hydrogen) atoms. The number of nitrogens with zero attached hydrogens (tertiary/aromatic N) is 1. The second-order valence-electron chi connectivity index (χ2n) is 10.8. The van der Waals surface area contributed by atoms with Gasteiger partial charge in [-0.1, -0.05) is 72.8 Å². The van der Waals surface area contributed by atoms with E-state index >= 15 is 0 Å². The van der Waals surface area contributed by atoms with Gasteiger partial charge in [0.15, 0.2) is 11.5 Å². The number of para-hydroxylation sites is 5. The highest BCUT2D eigenvalue weighted by molar-refractivity contribution is 6.93. The van der Waals surface area contributed by atoms with E-state index in [0.29, 0.717) is 0 Å². The van der Waals surface area contributed by atoms with E-state index < -0.39 is 0 Å². The Morgan fingerprint density at radius 1 is 0.643 bits per heavy atom. The number of aliphatic hydroxyl groups excluding tert-OH is 1. The quantitative estimate of drug-likeness (QED) is 0.176. The van der Waals surface area contributed by atoms with Crippen molar-refractivity contribution in [1.29, 1.82) is 0 Å². The van der Waals surface area contributed by atoms with E-state index in [4.69, 9.17) is 9.47 Å². The maximum Gasteiger partial charge on any atom is 0.255 e. The molecule has 8 rings (SSSR count). The molecule has 0 fully saturated rings. The van der Waals surface area contributed by atoms with Gasteiger partial charge >= 0.3 is 0 Å². The number of hydrogen-bond acceptors (Lipinski definition) is 4. The van der Waals surface area contributed by atoms with Crippen molar-refractivity contribution in [3.05, 3.63) is 144 Å². The lowest BCUT2D eigenvalue weighted by atomic mass is 9.34. The molecule has 0 spiro atoms. The molecule has 3 heterocycles. The molecule has 5 aromatic carbocycles. The zero-order chi connectivity index (χ0) is 28.2. The van der Waals surface area contributed by atoms with Crippen LogP contribution in [-0.4, -0.2) is 11.8 Å².